The predicted octanol–water partition coefficient (Wildman–Crippen LogP) is 1.43. The summed E-state index contributed by atoms with van der Waals surface area (Å²) in [4.78, 5) is 14.2. The molecule has 0 atom stereocenters. The highest BCUT2D eigenvalue weighted by atomic mass is 35.5. The van der Waals surface area contributed by atoms with Crippen LogP contribution in [0.3, 0.4) is 0 Å². The van der Waals surface area contributed by atoms with Gasteiger partial charge in [-0.25, -0.2) is 0 Å². The van der Waals surface area contributed by atoms with Gasteiger partial charge in [0.05, 0.1) is 12.1 Å². The minimum absolute atomic E-state index is 0. The average Bonchev–Trinajstić information content (AvgIpc) is 3.17. The second-order valence-corrected chi connectivity index (χ2v) is 9.00. The SMILES string of the molecule is CN(C1CCCCC1)S(=O)(=O)N1CCN(C(=O)c2coc(CN)c2)CC1.Cl. The maximum Gasteiger partial charge on any atom is 0.282 e. The molecule has 3 rings (SSSR count). The van der Waals surface area contributed by atoms with Crippen molar-refractivity contribution in [1.82, 2.24) is 13.5 Å². The molecule has 1 aromatic rings. The van der Waals surface area contributed by atoms with Gasteiger partial charge in [-0.2, -0.15) is 17.0 Å². The number of hydrogen-bond acceptors (Lipinski definition) is 5. The molecule has 0 spiro atoms. The van der Waals surface area contributed by atoms with Gasteiger partial charge in [0.15, 0.2) is 0 Å². The first kappa shape index (κ1) is 22.2. The standard InChI is InChI=1S/C17H28N4O4S.ClH/c1-19(15-5-3-2-4-6-15)26(23,24)21-9-7-20(8-10-21)17(22)14-11-16(12-18)25-13-14;/h11,13,15H,2-10,12,18H2,1H3;1H. The van der Waals surface area contributed by atoms with Gasteiger partial charge in [-0.3, -0.25) is 4.79 Å². The van der Waals surface area contributed by atoms with Crippen molar-refractivity contribution >= 4 is 28.5 Å². The summed E-state index contributed by atoms with van der Waals surface area (Å²) >= 11 is 0. The Labute approximate surface area is 167 Å². The van der Waals surface area contributed by atoms with Crippen LogP contribution in [0.15, 0.2) is 16.7 Å². The van der Waals surface area contributed by atoms with E-state index in [9.17, 15) is 13.2 Å². The summed E-state index contributed by atoms with van der Waals surface area (Å²) in [6.07, 6.45) is 6.62. The molecule has 1 saturated carbocycles. The summed E-state index contributed by atoms with van der Waals surface area (Å²) in [5, 5.41) is 0. The highest BCUT2D eigenvalue weighted by molar-refractivity contribution is 7.86. The topological polar surface area (TPSA) is 100 Å². The third kappa shape index (κ3) is 4.83. The van der Waals surface area contributed by atoms with E-state index in [1.54, 1.807) is 18.0 Å². The Morgan fingerprint density at radius 1 is 1.22 bits per heavy atom. The molecular formula is C17H29ClN4O4S. The lowest BCUT2D eigenvalue weighted by Crippen LogP contribution is -2.55. The molecule has 0 unspecified atom stereocenters. The molecule has 1 aliphatic heterocycles. The number of carbonyl (C=O) groups is 1. The number of carbonyl (C=O) groups excluding carboxylic acids is 1. The smallest absolute Gasteiger partial charge is 0.282 e. The molecule has 1 aliphatic carbocycles. The van der Waals surface area contributed by atoms with Crippen LogP contribution in [-0.4, -0.2) is 67.1 Å². The van der Waals surface area contributed by atoms with Gasteiger partial charge in [0.25, 0.3) is 16.1 Å². The molecule has 2 aliphatic rings. The number of nitrogens with zero attached hydrogens (tertiary/aromatic N) is 3. The average molecular weight is 421 g/mol. The number of furan rings is 1. The first-order valence-corrected chi connectivity index (χ1v) is 10.6. The van der Waals surface area contributed by atoms with Crippen molar-refractivity contribution in [2.75, 3.05) is 33.2 Å². The number of rotatable bonds is 5. The molecule has 27 heavy (non-hydrogen) atoms. The summed E-state index contributed by atoms with van der Waals surface area (Å²) in [6.45, 7) is 1.62. The Morgan fingerprint density at radius 2 is 1.85 bits per heavy atom. The zero-order valence-electron chi connectivity index (χ0n) is 15.7. The van der Waals surface area contributed by atoms with Gasteiger partial charge in [-0.1, -0.05) is 19.3 Å². The summed E-state index contributed by atoms with van der Waals surface area (Å²) in [5.74, 6) is 0.412. The van der Waals surface area contributed by atoms with Gasteiger partial charge in [-0.05, 0) is 18.9 Å². The fourth-order valence-corrected chi connectivity index (χ4v) is 5.30. The maximum absolute atomic E-state index is 12.9. The second kappa shape index (κ2) is 9.38. The van der Waals surface area contributed by atoms with E-state index in [0.29, 0.717) is 37.5 Å². The van der Waals surface area contributed by atoms with Crippen LogP contribution in [0, 0.1) is 0 Å². The van der Waals surface area contributed by atoms with E-state index in [1.165, 1.54) is 21.3 Å². The van der Waals surface area contributed by atoms with Crippen molar-refractivity contribution in [2.24, 2.45) is 5.73 Å². The maximum atomic E-state index is 12.9. The largest absolute Gasteiger partial charge is 0.467 e. The highest BCUT2D eigenvalue weighted by Gasteiger charge is 2.35. The third-order valence-electron chi connectivity index (χ3n) is 5.41. The number of hydrogen-bond donors (Lipinski definition) is 1. The predicted molar refractivity (Wildman–Crippen MR) is 105 cm³/mol. The van der Waals surface area contributed by atoms with E-state index in [0.717, 1.165) is 25.7 Å². The third-order valence-corrected chi connectivity index (χ3v) is 7.45. The van der Waals surface area contributed by atoms with Crippen LogP contribution < -0.4 is 5.73 Å². The molecule has 1 saturated heterocycles. The van der Waals surface area contributed by atoms with Crippen LogP contribution in [0.4, 0.5) is 0 Å². The molecule has 154 valence electrons. The molecule has 2 N–H and O–H groups in total. The van der Waals surface area contributed by atoms with Gasteiger partial charge in [0, 0.05) is 39.3 Å². The van der Waals surface area contributed by atoms with Crippen molar-refractivity contribution in [3.05, 3.63) is 23.7 Å². The van der Waals surface area contributed by atoms with Gasteiger partial charge in [0.1, 0.15) is 12.0 Å². The summed E-state index contributed by atoms with van der Waals surface area (Å²) in [7, 11) is -1.80. The molecule has 2 heterocycles. The van der Waals surface area contributed by atoms with Gasteiger partial charge in [0.2, 0.25) is 0 Å². The van der Waals surface area contributed by atoms with Crippen molar-refractivity contribution in [2.45, 2.75) is 44.7 Å². The minimum Gasteiger partial charge on any atom is -0.467 e. The summed E-state index contributed by atoms with van der Waals surface area (Å²) in [6, 6.07) is 1.73. The first-order valence-electron chi connectivity index (χ1n) is 9.23. The number of piperazine rings is 1. The first-order chi connectivity index (χ1) is 12.4. The van der Waals surface area contributed by atoms with E-state index < -0.39 is 10.2 Å². The number of nitrogens with two attached hydrogens (primary N) is 1. The Morgan fingerprint density at radius 3 is 2.41 bits per heavy atom. The van der Waals surface area contributed by atoms with E-state index in [4.69, 9.17) is 10.2 Å². The summed E-state index contributed by atoms with van der Waals surface area (Å²) < 4.78 is 34.0. The van der Waals surface area contributed by atoms with Gasteiger partial charge in [-0.15, -0.1) is 12.4 Å². The Balaban J connectivity index is 0.00000261. The van der Waals surface area contributed by atoms with Gasteiger partial charge >= 0.3 is 0 Å². The number of amides is 1. The lowest BCUT2D eigenvalue weighted by atomic mass is 9.96. The highest BCUT2D eigenvalue weighted by Crippen LogP contribution is 2.25. The molecule has 0 bridgehead atoms. The van der Waals surface area contributed by atoms with E-state index in [2.05, 4.69) is 0 Å². The zero-order chi connectivity index (χ0) is 18.7. The zero-order valence-corrected chi connectivity index (χ0v) is 17.3. The molecule has 1 amide bonds. The van der Waals surface area contributed by atoms with E-state index in [1.807, 2.05) is 0 Å². The molecule has 0 radical (unpaired) electrons. The van der Waals surface area contributed by atoms with Crippen LogP contribution in [-0.2, 0) is 16.8 Å². The Bertz CT molecular complexity index is 725. The van der Waals surface area contributed by atoms with Crippen LogP contribution in [0.1, 0.15) is 48.2 Å². The molecule has 1 aromatic heterocycles. The van der Waals surface area contributed by atoms with Crippen LogP contribution in [0.2, 0.25) is 0 Å². The fourth-order valence-electron chi connectivity index (χ4n) is 3.72. The van der Waals surface area contributed by atoms with Gasteiger partial charge < -0.3 is 15.1 Å². The Hall–Kier alpha value is -1.13. The lowest BCUT2D eigenvalue weighted by Gasteiger charge is -2.38. The van der Waals surface area contributed by atoms with Crippen molar-refractivity contribution in [3.63, 3.8) is 0 Å². The monoisotopic (exact) mass is 420 g/mol. The minimum atomic E-state index is -3.48. The summed E-state index contributed by atoms with van der Waals surface area (Å²) in [5.41, 5.74) is 5.96. The van der Waals surface area contributed by atoms with Crippen molar-refractivity contribution < 1.29 is 17.6 Å². The Kier molecular flexibility index (Phi) is 7.70. The van der Waals surface area contributed by atoms with Crippen LogP contribution in [0.25, 0.3) is 0 Å². The normalized spacial score (nSPS) is 19.9. The molecular weight excluding hydrogens is 392 g/mol. The van der Waals surface area contributed by atoms with Crippen molar-refractivity contribution in [1.29, 1.82) is 0 Å². The molecule has 0 aromatic carbocycles. The quantitative estimate of drug-likeness (QED) is 0.776. The fraction of sp³-hybridized carbons (Fsp3) is 0.706. The molecule has 8 nitrogen and oxygen atoms in total. The number of halogens is 1. The van der Waals surface area contributed by atoms with Crippen molar-refractivity contribution in [3.8, 4) is 0 Å². The van der Waals surface area contributed by atoms with E-state index >= 15 is 0 Å². The van der Waals surface area contributed by atoms with E-state index in [-0.39, 0.29) is 30.9 Å². The van der Waals surface area contributed by atoms with Crippen LogP contribution >= 0.6 is 12.4 Å². The van der Waals surface area contributed by atoms with Crippen LogP contribution in [0.5, 0.6) is 0 Å². The second-order valence-electron chi connectivity index (χ2n) is 7.01. The lowest BCUT2D eigenvalue weighted by molar-refractivity contribution is 0.0692. The molecule has 10 heteroatoms. The molecule has 2 fully saturated rings.